The van der Waals surface area contributed by atoms with Gasteiger partial charge in [0.25, 0.3) is 5.89 Å². The van der Waals surface area contributed by atoms with Crippen LogP contribution in [0.4, 0.5) is 0 Å². The van der Waals surface area contributed by atoms with Crippen molar-refractivity contribution in [2.24, 2.45) is 0 Å². The molecule has 0 aromatic carbocycles. The molecule has 1 aliphatic heterocycles. The van der Waals surface area contributed by atoms with Crippen molar-refractivity contribution in [2.45, 2.75) is 32.9 Å². The highest BCUT2D eigenvalue weighted by Crippen LogP contribution is 2.26. The predicted octanol–water partition coefficient (Wildman–Crippen LogP) is 2.73. The van der Waals surface area contributed by atoms with Gasteiger partial charge in [-0.1, -0.05) is 6.08 Å². The summed E-state index contributed by atoms with van der Waals surface area (Å²) >= 11 is 0. The second kappa shape index (κ2) is 6.57. The molecule has 0 radical (unpaired) electrons. The first-order chi connectivity index (χ1) is 11.4. The Kier molecular flexibility index (Phi) is 4.64. The molecule has 0 saturated carbocycles. The zero-order chi connectivity index (χ0) is 17.3. The quantitative estimate of drug-likeness (QED) is 0.746. The van der Waals surface area contributed by atoms with Gasteiger partial charge in [-0.25, -0.2) is 13.4 Å². The number of hydrogen-bond donors (Lipinski definition) is 0. The summed E-state index contributed by atoms with van der Waals surface area (Å²) in [5.41, 5.74) is 0.796. The third-order valence-corrected chi connectivity index (χ3v) is 6.04. The molecule has 1 atom stereocenters. The zero-order valence-electron chi connectivity index (χ0n) is 14.0. The van der Waals surface area contributed by atoms with Crippen molar-refractivity contribution in [2.75, 3.05) is 18.1 Å². The molecular weight excluding hydrogens is 328 g/mol. The van der Waals surface area contributed by atoms with Crippen molar-refractivity contribution in [3.63, 3.8) is 0 Å². The van der Waals surface area contributed by atoms with Gasteiger partial charge in [0, 0.05) is 19.1 Å². The number of hydrogen-bond acceptors (Lipinski definition) is 6. The Morgan fingerprint density at radius 2 is 2.17 bits per heavy atom. The van der Waals surface area contributed by atoms with E-state index in [1.54, 1.807) is 6.08 Å². The standard InChI is InChI=1S/C17H22N2O4S/c1-4-8-19(14-7-9-24(20,21)11-14)10-15-13(3)23-17(18-15)16-6-5-12(2)22-16/h4-6,14H,1,7-11H2,2-3H3/t14-/m1/s1. The van der Waals surface area contributed by atoms with Crippen LogP contribution in [0.2, 0.25) is 0 Å². The first kappa shape index (κ1) is 17.0. The number of sulfone groups is 1. The maximum atomic E-state index is 11.8. The zero-order valence-corrected chi connectivity index (χ0v) is 14.8. The molecule has 130 valence electrons. The van der Waals surface area contributed by atoms with E-state index in [2.05, 4.69) is 16.5 Å². The molecule has 6 nitrogen and oxygen atoms in total. The van der Waals surface area contributed by atoms with Crippen LogP contribution in [0.1, 0.15) is 23.6 Å². The fraction of sp³-hybridized carbons (Fsp3) is 0.471. The highest BCUT2D eigenvalue weighted by atomic mass is 32.2. The Bertz CT molecular complexity index is 835. The summed E-state index contributed by atoms with van der Waals surface area (Å²) in [5.74, 6) is 3.01. The van der Waals surface area contributed by atoms with Crippen molar-refractivity contribution in [1.29, 1.82) is 0 Å². The number of aryl methyl sites for hydroxylation is 2. The summed E-state index contributed by atoms with van der Waals surface area (Å²) in [5, 5.41) is 0. The van der Waals surface area contributed by atoms with E-state index in [1.165, 1.54) is 0 Å². The van der Waals surface area contributed by atoms with Crippen LogP contribution >= 0.6 is 0 Å². The van der Waals surface area contributed by atoms with Crippen molar-refractivity contribution in [3.8, 4) is 11.7 Å². The fourth-order valence-corrected chi connectivity index (χ4v) is 4.76. The van der Waals surface area contributed by atoms with E-state index in [1.807, 2.05) is 26.0 Å². The minimum absolute atomic E-state index is 0.00147. The number of nitrogens with zero attached hydrogens (tertiary/aromatic N) is 2. The van der Waals surface area contributed by atoms with Crippen LogP contribution < -0.4 is 0 Å². The topological polar surface area (TPSA) is 76.6 Å². The molecule has 0 N–H and O–H groups in total. The van der Waals surface area contributed by atoms with E-state index in [0.717, 1.165) is 11.5 Å². The van der Waals surface area contributed by atoms with Gasteiger partial charge in [-0.2, -0.15) is 0 Å². The molecule has 0 unspecified atom stereocenters. The van der Waals surface area contributed by atoms with E-state index >= 15 is 0 Å². The van der Waals surface area contributed by atoms with E-state index in [9.17, 15) is 8.42 Å². The van der Waals surface area contributed by atoms with E-state index in [0.29, 0.717) is 36.9 Å². The highest BCUT2D eigenvalue weighted by Gasteiger charge is 2.32. The van der Waals surface area contributed by atoms with Gasteiger partial charge >= 0.3 is 0 Å². The summed E-state index contributed by atoms with van der Waals surface area (Å²) in [4.78, 5) is 6.63. The molecule has 7 heteroatoms. The molecule has 0 aliphatic carbocycles. The third kappa shape index (κ3) is 3.62. The lowest BCUT2D eigenvalue weighted by molar-refractivity contribution is 0.223. The van der Waals surface area contributed by atoms with Gasteiger partial charge in [-0.05, 0) is 32.4 Å². The van der Waals surface area contributed by atoms with Crippen LogP contribution in [-0.4, -0.2) is 42.4 Å². The minimum atomic E-state index is -2.93. The molecule has 24 heavy (non-hydrogen) atoms. The van der Waals surface area contributed by atoms with Crippen molar-refractivity contribution in [3.05, 3.63) is 42.0 Å². The van der Waals surface area contributed by atoms with Gasteiger partial charge in [0.1, 0.15) is 11.5 Å². The van der Waals surface area contributed by atoms with Crippen molar-refractivity contribution >= 4 is 9.84 Å². The Labute approximate surface area is 142 Å². The smallest absolute Gasteiger partial charge is 0.263 e. The third-order valence-electron chi connectivity index (χ3n) is 4.29. The van der Waals surface area contributed by atoms with Crippen LogP contribution in [0.3, 0.4) is 0 Å². The summed E-state index contributed by atoms with van der Waals surface area (Å²) in [6, 6.07) is 3.69. The number of aromatic nitrogens is 1. The summed E-state index contributed by atoms with van der Waals surface area (Å²) in [7, 11) is -2.93. The monoisotopic (exact) mass is 350 g/mol. The maximum absolute atomic E-state index is 11.8. The largest absolute Gasteiger partial charge is 0.456 e. The molecule has 1 fully saturated rings. The average Bonchev–Trinajstić information content (AvgIpc) is 3.19. The lowest BCUT2D eigenvalue weighted by atomic mass is 10.2. The lowest BCUT2D eigenvalue weighted by Crippen LogP contribution is -2.36. The Balaban J connectivity index is 1.80. The number of furan rings is 1. The van der Waals surface area contributed by atoms with Crippen LogP contribution in [0, 0.1) is 13.8 Å². The summed E-state index contributed by atoms with van der Waals surface area (Å²) in [6.07, 6.45) is 2.44. The van der Waals surface area contributed by atoms with E-state index in [-0.39, 0.29) is 17.5 Å². The second-order valence-corrected chi connectivity index (χ2v) is 8.44. The highest BCUT2D eigenvalue weighted by molar-refractivity contribution is 7.91. The van der Waals surface area contributed by atoms with Crippen LogP contribution in [-0.2, 0) is 16.4 Å². The minimum Gasteiger partial charge on any atom is -0.456 e. The Morgan fingerprint density at radius 3 is 2.75 bits per heavy atom. The molecule has 1 aliphatic rings. The SMILES string of the molecule is C=CCN(Cc1nc(-c2ccc(C)o2)oc1C)[C@@H]1CCS(=O)(=O)C1. The fourth-order valence-electron chi connectivity index (χ4n) is 2.99. The normalized spacial score (nSPS) is 19.9. The van der Waals surface area contributed by atoms with Gasteiger partial charge in [0.2, 0.25) is 0 Å². The summed E-state index contributed by atoms with van der Waals surface area (Å²) < 4.78 is 34.8. The first-order valence-electron chi connectivity index (χ1n) is 7.96. The average molecular weight is 350 g/mol. The second-order valence-electron chi connectivity index (χ2n) is 6.21. The molecule has 3 rings (SSSR count). The van der Waals surface area contributed by atoms with Crippen molar-refractivity contribution < 1.29 is 17.3 Å². The number of oxazole rings is 1. The molecule has 2 aromatic heterocycles. The Hall–Kier alpha value is -1.86. The van der Waals surface area contributed by atoms with Crippen molar-refractivity contribution in [1.82, 2.24) is 9.88 Å². The van der Waals surface area contributed by atoms with Gasteiger partial charge in [-0.3, -0.25) is 4.90 Å². The van der Waals surface area contributed by atoms with Gasteiger partial charge < -0.3 is 8.83 Å². The van der Waals surface area contributed by atoms with Crippen LogP contribution in [0.25, 0.3) is 11.7 Å². The molecular formula is C17H22N2O4S. The molecule has 3 heterocycles. The molecule has 2 aromatic rings. The predicted molar refractivity (Wildman–Crippen MR) is 91.3 cm³/mol. The molecule has 0 bridgehead atoms. The van der Waals surface area contributed by atoms with Gasteiger partial charge in [0.05, 0.1) is 17.2 Å². The molecule has 0 spiro atoms. The molecule has 1 saturated heterocycles. The first-order valence-corrected chi connectivity index (χ1v) is 9.78. The van der Waals surface area contributed by atoms with Crippen LogP contribution in [0.5, 0.6) is 0 Å². The van der Waals surface area contributed by atoms with Crippen LogP contribution in [0.15, 0.2) is 33.6 Å². The van der Waals surface area contributed by atoms with Gasteiger partial charge in [-0.15, -0.1) is 6.58 Å². The van der Waals surface area contributed by atoms with Gasteiger partial charge in [0.15, 0.2) is 15.6 Å². The Morgan fingerprint density at radius 1 is 1.38 bits per heavy atom. The summed E-state index contributed by atoms with van der Waals surface area (Å²) in [6.45, 7) is 8.65. The van der Waals surface area contributed by atoms with E-state index in [4.69, 9.17) is 8.83 Å². The number of rotatable bonds is 6. The molecule has 0 amide bonds. The lowest BCUT2D eigenvalue weighted by Gasteiger charge is -2.25. The maximum Gasteiger partial charge on any atom is 0.263 e. The van der Waals surface area contributed by atoms with E-state index < -0.39 is 9.84 Å².